The number of thiocarbonyl (C=S) groups is 1. The van der Waals surface area contributed by atoms with E-state index in [0.717, 1.165) is 6.07 Å². The summed E-state index contributed by atoms with van der Waals surface area (Å²) < 4.78 is 43.9. The molecule has 0 heterocycles. The molecule has 6 nitrogen and oxygen atoms in total. The van der Waals surface area contributed by atoms with Crippen LogP contribution in [0.15, 0.2) is 18.2 Å². The van der Waals surface area contributed by atoms with Gasteiger partial charge < -0.3 is 10.5 Å². The van der Waals surface area contributed by atoms with E-state index in [1.807, 2.05) is 0 Å². The first-order valence-electron chi connectivity index (χ1n) is 6.00. The number of hydrogen-bond acceptors (Lipinski definition) is 5. The third-order valence-electron chi connectivity index (χ3n) is 2.40. The molecule has 1 aromatic carbocycles. The van der Waals surface area contributed by atoms with Crippen molar-refractivity contribution in [3.05, 3.63) is 29.6 Å². The van der Waals surface area contributed by atoms with Gasteiger partial charge in [0, 0.05) is 5.56 Å². The quantitative estimate of drug-likeness (QED) is 0.573. The van der Waals surface area contributed by atoms with Gasteiger partial charge in [-0.05, 0) is 25.1 Å². The molecule has 1 aromatic rings. The molecule has 9 heteroatoms. The van der Waals surface area contributed by atoms with Crippen molar-refractivity contribution in [3.63, 3.8) is 0 Å². The highest BCUT2D eigenvalue weighted by Crippen LogP contribution is 2.17. The van der Waals surface area contributed by atoms with E-state index in [2.05, 4.69) is 9.46 Å². The van der Waals surface area contributed by atoms with E-state index in [1.54, 1.807) is 6.92 Å². The van der Waals surface area contributed by atoms with Crippen LogP contribution in [0.3, 0.4) is 0 Å². The van der Waals surface area contributed by atoms with Crippen molar-refractivity contribution in [2.24, 2.45) is 5.73 Å². The molecule has 0 aromatic heterocycles. The standard InChI is InChI=1S/C12H15FN2O4S2/c1-2-19-11(16)5-6-21(17,18)15-10-4-3-8(12(14)20)7-9(10)13/h3-4,7,15H,2,5-6H2,1H3,(H2,14,20). The molecule has 0 saturated heterocycles. The lowest BCUT2D eigenvalue weighted by Crippen LogP contribution is -2.20. The Labute approximate surface area is 127 Å². The molecule has 0 aliphatic carbocycles. The minimum atomic E-state index is -3.86. The molecule has 0 spiro atoms. The van der Waals surface area contributed by atoms with Crippen LogP contribution < -0.4 is 10.5 Å². The van der Waals surface area contributed by atoms with Crippen molar-refractivity contribution in [2.75, 3.05) is 17.1 Å². The molecule has 0 atom stereocenters. The highest BCUT2D eigenvalue weighted by Gasteiger charge is 2.16. The van der Waals surface area contributed by atoms with Crippen LogP contribution in [0.25, 0.3) is 0 Å². The molecular formula is C12H15FN2O4S2. The first kappa shape index (κ1) is 17.3. The van der Waals surface area contributed by atoms with Crippen LogP contribution in [0.4, 0.5) is 10.1 Å². The van der Waals surface area contributed by atoms with Crippen LogP contribution in [0.2, 0.25) is 0 Å². The number of carbonyl (C=O) groups is 1. The van der Waals surface area contributed by atoms with Gasteiger partial charge in [-0.25, -0.2) is 12.8 Å². The molecule has 0 aliphatic heterocycles. The second-order valence-electron chi connectivity index (χ2n) is 4.03. The van der Waals surface area contributed by atoms with E-state index < -0.39 is 27.6 Å². The Bertz CT molecular complexity index is 647. The van der Waals surface area contributed by atoms with Crippen LogP contribution in [0.1, 0.15) is 18.9 Å². The van der Waals surface area contributed by atoms with Gasteiger partial charge in [0.25, 0.3) is 0 Å². The number of anilines is 1. The lowest BCUT2D eigenvalue weighted by molar-refractivity contribution is -0.142. The van der Waals surface area contributed by atoms with Gasteiger partial charge in [-0.15, -0.1) is 0 Å². The van der Waals surface area contributed by atoms with Crippen molar-refractivity contribution < 1.29 is 22.3 Å². The lowest BCUT2D eigenvalue weighted by atomic mass is 10.2. The van der Waals surface area contributed by atoms with Crippen molar-refractivity contribution in [1.29, 1.82) is 0 Å². The topological polar surface area (TPSA) is 98.5 Å². The van der Waals surface area contributed by atoms with E-state index >= 15 is 0 Å². The van der Waals surface area contributed by atoms with Crippen molar-refractivity contribution >= 4 is 38.9 Å². The Hall–Kier alpha value is -1.74. The third-order valence-corrected chi connectivity index (χ3v) is 3.91. The highest BCUT2D eigenvalue weighted by atomic mass is 32.2. The fourth-order valence-electron chi connectivity index (χ4n) is 1.42. The summed E-state index contributed by atoms with van der Waals surface area (Å²) in [5.74, 6) is -1.94. The van der Waals surface area contributed by atoms with E-state index in [0.29, 0.717) is 0 Å². The van der Waals surface area contributed by atoms with Gasteiger partial charge >= 0.3 is 5.97 Å². The predicted molar refractivity (Wildman–Crippen MR) is 80.9 cm³/mol. The smallest absolute Gasteiger partial charge is 0.306 e. The zero-order valence-electron chi connectivity index (χ0n) is 11.3. The predicted octanol–water partition coefficient (Wildman–Crippen LogP) is 1.15. The number of hydrogen-bond donors (Lipinski definition) is 2. The lowest BCUT2D eigenvalue weighted by Gasteiger charge is -2.09. The molecule has 0 radical (unpaired) electrons. The van der Waals surface area contributed by atoms with Crippen LogP contribution in [-0.2, 0) is 19.6 Å². The molecule has 1 rings (SSSR count). The molecule has 0 fully saturated rings. The molecule has 3 N–H and O–H groups in total. The van der Waals surface area contributed by atoms with Gasteiger partial charge in [-0.3, -0.25) is 9.52 Å². The largest absolute Gasteiger partial charge is 0.466 e. The summed E-state index contributed by atoms with van der Waals surface area (Å²) in [6, 6.07) is 3.64. The number of benzene rings is 1. The number of esters is 1. The Morgan fingerprint density at radius 1 is 1.48 bits per heavy atom. The zero-order valence-corrected chi connectivity index (χ0v) is 12.9. The second kappa shape index (κ2) is 7.32. The van der Waals surface area contributed by atoms with Gasteiger partial charge in [-0.1, -0.05) is 12.2 Å². The van der Waals surface area contributed by atoms with Crippen molar-refractivity contribution in [1.82, 2.24) is 0 Å². The maximum Gasteiger partial charge on any atom is 0.306 e. The Morgan fingerprint density at radius 2 is 2.14 bits per heavy atom. The maximum atomic E-state index is 13.7. The molecule has 0 unspecified atom stereocenters. The molecule has 0 aliphatic rings. The Kier molecular flexibility index (Phi) is 6.03. The molecule has 21 heavy (non-hydrogen) atoms. The number of ether oxygens (including phenoxy) is 1. The minimum absolute atomic E-state index is 0.00520. The van der Waals surface area contributed by atoms with Gasteiger partial charge in [0.15, 0.2) is 0 Å². The average molecular weight is 334 g/mol. The van der Waals surface area contributed by atoms with Crippen molar-refractivity contribution in [3.8, 4) is 0 Å². The first-order chi connectivity index (χ1) is 9.75. The molecular weight excluding hydrogens is 319 g/mol. The summed E-state index contributed by atoms with van der Waals surface area (Å²) in [6.07, 6.45) is -0.310. The van der Waals surface area contributed by atoms with Crippen LogP contribution in [0.5, 0.6) is 0 Å². The van der Waals surface area contributed by atoms with Crippen LogP contribution in [-0.4, -0.2) is 31.7 Å². The SMILES string of the molecule is CCOC(=O)CCS(=O)(=O)Nc1ccc(C(N)=S)cc1F. The molecule has 0 bridgehead atoms. The first-order valence-corrected chi connectivity index (χ1v) is 8.06. The Morgan fingerprint density at radius 3 is 2.67 bits per heavy atom. The van der Waals surface area contributed by atoms with E-state index in [-0.39, 0.29) is 29.3 Å². The van der Waals surface area contributed by atoms with Crippen LogP contribution >= 0.6 is 12.2 Å². The summed E-state index contributed by atoms with van der Waals surface area (Å²) in [6.45, 7) is 1.78. The average Bonchev–Trinajstić information content (AvgIpc) is 2.39. The summed E-state index contributed by atoms with van der Waals surface area (Å²) in [7, 11) is -3.86. The zero-order chi connectivity index (χ0) is 16.0. The number of rotatable bonds is 7. The van der Waals surface area contributed by atoms with Crippen LogP contribution in [0, 0.1) is 5.82 Å². The van der Waals surface area contributed by atoms with Gasteiger partial charge in [0.05, 0.1) is 24.5 Å². The monoisotopic (exact) mass is 334 g/mol. The molecule has 0 amide bonds. The summed E-state index contributed by atoms with van der Waals surface area (Å²) in [5, 5.41) is 0. The summed E-state index contributed by atoms with van der Waals surface area (Å²) >= 11 is 4.69. The fourth-order valence-corrected chi connectivity index (χ4v) is 2.59. The van der Waals surface area contributed by atoms with Crippen molar-refractivity contribution in [2.45, 2.75) is 13.3 Å². The number of sulfonamides is 1. The second-order valence-corrected chi connectivity index (χ2v) is 6.32. The molecule has 0 saturated carbocycles. The number of halogens is 1. The summed E-state index contributed by atoms with van der Waals surface area (Å²) in [4.78, 5) is 11.1. The minimum Gasteiger partial charge on any atom is -0.466 e. The third kappa shape index (κ3) is 5.64. The van der Waals surface area contributed by atoms with E-state index in [1.165, 1.54) is 12.1 Å². The normalized spacial score (nSPS) is 11.0. The van der Waals surface area contributed by atoms with Gasteiger partial charge in [0.1, 0.15) is 10.8 Å². The number of nitrogens with one attached hydrogen (secondary N) is 1. The Balaban J connectivity index is 2.75. The summed E-state index contributed by atoms with van der Waals surface area (Å²) in [5.41, 5.74) is 5.40. The van der Waals surface area contributed by atoms with Gasteiger partial charge in [0.2, 0.25) is 10.0 Å². The fraction of sp³-hybridized carbons (Fsp3) is 0.333. The van der Waals surface area contributed by atoms with E-state index in [4.69, 9.17) is 18.0 Å². The number of carbonyl (C=O) groups excluding carboxylic acids is 1. The number of nitrogens with two attached hydrogens (primary N) is 1. The molecule has 116 valence electrons. The van der Waals surface area contributed by atoms with E-state index in [9.17, 15) is 17.6 Å². The highest BCUT2D eigenvalue weighted by molar-refractivity contribution is 7.92. The van der Waals surface area contributed by atoms with Gasteiger partial charge in [-0.2, -0.15) is 0 Å². The maximum absolute atomic E-state index is 13.7.